The fourth-order valence-corrected chi connectivity index (χ4v) is 3.60. The number of benzene rings is 2. The second-order valence-corrected chi connectivity index (χ2v) is 7.34. The third-order valence-corrected chi connectivity index (χ3v) is 5.52. The molecule has 2 aromatic carbocycles. The van der Waals surface area contributed by atoms with Crippen molar-refractivity contribution in [2.24, 2.45) is 0 Å². The molecule has 1 aliphatic heterocycles. The molecule has 0 unspecified atom stereocenters. The Morgan fingerprint density at radius 2 is 1.44 bits per heavy atom. The zero-order valence-corrected chi connectivity index (χ0v) is 16.4. The van der Waals surface area contributed by atoms with Crippen LogP contribution in [0.1, 0.15) is 47.9 Å². The fourth-order valence-electron chi connectivity index (χ4n) is 3.49. The van der Waals surface area contributed by atoms with Gasteiger partial charge in [-0.1, -0.05) is 24.4 Å². The average molecular weight is 380 g/mol. The van der Waals surface area contributed by atoms with E-state index >= 15 is 0 Å². The molecule has 1 aliphatic rings. The topological polar surface area (TPSA) is 60.0 Å². The van der Waals surface area contributed by atoms with E-state index in [1.807, 2.05) is 26.0 Å². The number of nitrogens with zero attached hydrogens (tertiary/aromatic N) is 3. The van der Waals surface area contributed by atoms with Crippen LogP contribution in [0.25, 0.3) is 0 Å². The highest BCUT2D eigenvalue weighted by molar-refractivity contribution is 6.32. The lowest BCUT2D eigenvalue weighted by atomic mass is 10.1. The third-order valence-electron chi connectivity index (χ3n) is 4.92. The predicted octanol–water partition coefficient (Wildman–Crippen LogP) is 5.87. The van der Waals surface area contributed by atoms with Gasteiger partial charge < -0.3 is 9.64 Å². The van der Waals surface area contributed by atoms with Crippen LogP contribution >= 0.6 is 11.6 Å². The molecule has 0 aliphatic carbocycles. The van der Waals surface area contributed by atoms with Crippen molar-refractivity contribution in [3.63, 3.8) is 0 Å². The Hall–Kier alpha value is -2.69. The van der Waals surface area contributed by atoms with Gasteiger partial charge in [0.1, 0.15) is 17.9 Å². The van der Waals surface area contributed by atoms with Crippen molar-refractivity contribution in [2.75, 3.05) is 18.0 Å². The molecule has 1 heterocycles. The van der Waals surface area contributed by atoms with Crippen LogP contribution in [-0.2, 0) is 0 Å². The Morgan fingerprint density at radius 1 is 0.889 bits per heavy atom. The summed E-state index contributed by atoms with van der Waals surface area (Å²) in [6.45, 7) is 5.73. The number of ether oxygens (including phenoxy) is 1. The summed E-state index contributed by atoms with van der Waals surface area (Å²) >= 11 is 6.27. The Kier molecular flexibility index (Phi) is 5.89. The summed E-state index contributed by atoms with van der Waals surface area (Å²) in [6.07, 6.45) is 4.65. The van der Waals surface area contributed by atoms with E-state index in [0.717, 1.165) is 47.8 Å². The Bertz CT molecular complexity index is 909. The van der Waals surface area contributed by atoms with Crippen molar-refractivity contribution in [2.45, 2.75) is 39.5 Å². The molecule has 0 N–H and O–H groups in total. The van der Waals surface area contributed by atoms with E-state index in [-0.39, 0.29) is 0 Å². The monoisotopic (exact) mass is 379 g/mol. The number of hydrogen-bond acceptors (Lipinski definition) is 4. The Morgan fingerprint density at radius 3 is 2.00 bits per heavy atom. The molecule has 1 saturated heterocycles. The summed E-state index contributed by atoms with van der Waals surface area (Å²) in [7, 11) is 0. The van der Waals surface area contributed by atoms with Crippen molar-refractivity contribution in [3.05, 3.63) is 51.5 Å². The third kappa shape index (κ3) is 4.18. The first-order chi connectivity index (χ1) is 13.0. The van der Waals surface area contributed by atoms with Crippen molar-refractivity contribution < 1.29 is 4.74 Å². The lowest BCUT2D eigenvalue weighted by molar-refractivity contribution is 0.480. The maximum Gasteiger partial charge on any atom is 0.152 e. The van der Waals surface area contributed by atoms with E-state index in [0.29, 0.717) is 22.6 Å². The van der Waals surface area contributed by atoms with E-state index in [4.69, 9.17) is 16.3 Å². The van der Waals surface area contributed by atoms with Gasteiger partial charge in [0.2, 0.25) is 0 Å². The van der Waals surface area contributed by atoms with Gasteiger partial charge in [-0.2, -0.15) is 10.5 Å². The summed E-state index contributed by atoms with van der Waals surface area (Å²) in [6, 6.07) is 11.5. The summed E-state index contributed by atoms with van der Waals surface area (Å²) < 4.78 is 6.20. The standard InChI is InChI=1S/C22H22ClN3O/c1-15-9-19(10-16(2)22(15)23)27-21-12-18(14-25)17(13-24)11-20(21)26-7-5-3-4-6-8-26/h9-12H,3-8H2,1-2H3. The molecule has 0 amide bonds. The van der Waals surface area contributed by atoms with Gasteiger partial charge in [0, 0.05) is 24.2 Å². The zero-order valence-electron chi connectivity index (χ0n) is 15.7. The highest BCUT2D eigenvalue weighted by atomic mass is 35.5. The second-order valence-electron chi connectivity index (χ2n) is 6.96. The molecule has 0 spiro atoms. The molecule has 3 rings (SSSR count). The maximum atomic E-state index is 9.44. The first kappa shape index (κ1) is 19.1. The minimum atomic E-state index is 0.327. The summed E-state index contributed by atoms with van der Waals surface area (Å²) in [5.74, 6) is 1.28. The SMILES string of the molecule is Cc1cc(Oc2cc(C#N)c(C#N)cc2N2CCCCCC2)cc(C)c1Cl. The molecule has 0 atom stereocenters. The van der Waals surface area contributed by atoms with Crippen LogP contribution in [0.2, 0.25) is 5.02 Å². The molecule has 27 heavy (non-hydrogen) atoms. The smallest absolute Gasteiger partial charge is 0.152 e. The summed E-state index contributed by atoms with van der Waals surface area (Å²) in [4.78, 5) is 2.26. The maximum absolute atomic E-state index is 9.44. The van der Waals surface area contributed by atoms with Crippen LogP contribution in [0.3, 0.4) is 0 Å². The van der Waals surface area contributed by atoms with Gasteiger partial charge in [-0.05, 0) is 56.0 Å². The van der Waals surface area contributed by atoms with Crippen LogP contribution in [0, 0.1) is 36.5 Å². The number of nitriles is 2. The van der Waals surface area contributed by atoms with Crippen LogP contribution in [0.5, 0.6) is 11.5 Å². The number of anilines is 1. The molecule has 4 nitrogen and oxygen atoms in total. The van der Waals surface area contributed by atoms with Gasteiger partial charge in [-0.25, -0.2) is 0 Å². The number of aryl methyl sites for hydroxylation is 2. The first-order valence-corrected chi connectivity index (χ1v) is 9.59. The van der Waals surface area contributed by atoms with Crippen molar-refractivity contribution >= 4 is 17.3 Å². The molecule has 0 radical (unpaired) electrons. The molecule has 0 aromatic heterocycles. The Labute approximate surface area is 165 Å². The molecule has 5 heteroatoms. The summed E-state index contributed by atoms with van der Waals surface area (Å²) in [5, 5.41) is 19.6. The summed E-state index contributed by atoms with van der Waals surface area (Å²) in [5.41, 5.74) is 3.47. The van der Waals surface area contributed by atoms with Crippen molar-refractivity contribution in [3.8, 4) is 23.6 Å². The van der Waals surface area contributed by atoms with E-state index < -0.39 is 0 Å². The molecule has 1 fully saturated rings. The highest BCUT2D eigenvalue weighted by Gasteiger charge is 2.19. The molecule has 0 bridgehead atoms. The van der Waals surface area contributed by atoms with Gasteiger partial charge in [0.15, 0.2) is 5.75 Å². The molecule has 2 aromatic rings. The number of halogens is 1. The minimum absolute atomic E-state index is 0.327. The first-order valence-electron chi connectivity index (χ1n) is 9.21. The van der Waals surface area contributed by atoms with Crippen LogP contribution in [0.15, 0.2) is 24.3 Å². The van der Waals surface area contributed by atoms with Gasteiger partial charge >= 0.3 is 0 Å². The van der Waals surface area contributed by atoms with E-state index in [9.17, 15) is 10.5 Å². The lowest BCUT2D eigenvalue weighted by Crippen LogP contribution is -2.24. The second kappa shape index (κ2) is 8.33. The predicted molar refractivity (Wildman–Crippen MR) is 108 cm³/mol. The molecule has 138 valence electrons. The quantitative estimate of drug-likeness (QED) is 0.668. The van der Waals surface area contributed by atoms with Crippen LogP contribution < -0.4 is 9.64 Å². The van der Waals surface area contributed by atoms with Gasteiger partial charge in [-0.15, -0.1) is 0 Å². The van der Waals surface area contributed by atoms with Crippen molar-refractivity contribution in [1.82, 2.24) is 0 Å². The van der Waals surface area contributed by atoms with Crippen LogP contribution in [0.4, 0.5) is 5.69 Å². The van der Waals surface area contributed by atoms with E-state index in [2.05, 4.69) is 17.0 Å². The number of rotatable bonds is 3. The largest absolute Gasteiger partial charge is 0.455 e. The average Bonchev–Trinajstić information content (AvgIpc) is 2.95. The van der Waals surface area contributed by atoms with E-state index in [1.165, 1.54) is 12.8 Å². The number of hydrogen-bond donors (Lipinski definition) is 0. The van der Waals surface area contributed by atoms with E-state index in [1.54, 1.807) is 12.1 Å². The van der Waals surface area contributed by atoms with Gasteiger partial charge in [-0.3, -0.25) is 0 Å². The highest BCUT2D eigenvalue weighted by Crippen LogP contribution is 2.37. The molecular formula is C22H22ClN3O. The normalized spacial score (nSPS) is 14.2. The van der Waals surface area contributed by atoms with Gasteiger partial charge in [0.05, 0.1) is 16.8 Å². The van der Waals surface area contributed by atoms with Crippen LogP contribution in [-0.4, -0.2) is 13.1 Å². The zero-order chi connectivity index (χ0) is 19.4. The molecule has 0 saturated carbocycles. The van der Waals surface area contributed by atoms with Gasteiger partial charge in [0.25, 0.3) is 0 Å². The lowest BCUT2D eigenvalue weighted by Gasteiger charge is -2.26. The van der Waals surface area contributed by atoms with Crippen molar-refractivity contribution in [1.29, 1.82) is 10.5 Å². The fraction of sp³-hybridized carbons (Fsp3) is 0.364. The molecular weight excluding hydrogens is 358 g/mol. The minimum Gasteiger partial charge on any atom is -0.455 e. The Balaban J connectivity index is 2.07.